The molecule has 0 heterocycles. The van der Waals surface area contributed by atoms with Crippen molar-refractivity contribution < 1.29 is 18.5 Å². The van der Waals surface area contributed by atoms with Gasteiger partial charge in [0.1, 0.15) is 1.37 Å². The van der Waals surface area contributed by atoms with Crippen molar-refractivity contribution in [1.82, 2.24) is 15.2 Å². The average Bonchev–Trinajstić information content (AvgIpc) is 2.38. The molecule has 1 amide bonds. The number of hydrogen-bond donors (Lipinski definition) is 3. The first-order valence-electron chi connectivity index (χ1n) is 7.20. The first-order chi connectivity index (χ1) is 9.40. The van der Waals surface area contributed by atoms with Crippen LogP contribution in [-0.2, 0) is 15.8 Å². The molecule has 17 heavy (non-hydrogen) atoms. The van der Waals surface area contributed by atoms with Crippen LogP contribution in [0.2, 0.25) is 0 Å². The largest absolute Gasteiger partial charge is 0.390 e. The minimum absolute atomic E-state index is 0.190. The molecule has 0 spiro atoms. The van der Waals surface area contributed by atoms with Gasteiger partial charge in [-0.15, -0.1) is 0 Å². The maximum Gasteiger partial charge on any atom is 0.221 e. The minimum Gasteiger partial charge on any atom is -0.390 e. The fourth-order valence-corrected chi connectivity index (χ4v) is 2.23. The zero-order chi connectivity index (χ0) is 16.1. The van der Waals surface area contributed by atoms with E-state index in [1.54, 1.807) is 0 Å². The Bertz CT molecular complexity index is 288. The summed E-state index contributed by atoms with van der Waals surface area (Å²) >= 11 is 0. The van der Waals surface area contributed by atoms with E-state index in [1.165, 1.54) is 11.3 Å². The molecule has 0 aliphatic carbocycles. The van der Waals surface area contributed by atoms with Gasteiger partial charge in [-0.2, -0.15) is 0 Å². The molecule has 0 aliphatic rings. The molecule has 3 unspecified atom stereocenters. The van der Waals surface area contributed by atoms with Gasteiger partial charge in [0, 0.05) is 28.4 Å². The van der Waals surface area contributed by atoms with Crippen molar-refractivity contribution in [1.29, 1.82) is 0 Å². The summed E-state index contributed by atoms with van der Waals surface area (Å²) in [5.41, 5.74) is 2.31. The van der Waals surface area contributed by atoms with E-state index in [-0.39, 0.29) is 12.6 Å². The molecule has 0 saturated heterocycles. The molecule has 3 N–H and O–H groups in total. The number of aliphatic hydroxyl groups is 1. The number of hydrogen-bond acceptors (Lipinski definition) is 4. The maximum atomic E-state index is 11.1. The van der Waals surface area contributed by atoms with Crippen LogP contribution >= 0.6 is 0 Å². The van der Waals surface area contributed by atoms with Crippen molar-refractivity contribution in [2.75, 3.05) is 19.3 Å². The number of nitrogens with zero attached hydrogens (tertiary/aromatic N) is 1. The smallest absolute Gasteiger partial charge is 0.221 e. The van der Waals surface area contributed by atoms with E-state index in [0.29, 0.717) is 13.0 Å². The van der Waals surface area contributed by atoms with E-state index in [4.69, 9.17) is 4.34 Å². The Morgan fingerprint density at radius 2 is 2.41 bits per heavy atom. The quantitative estimate of drug-likeness (QED) is 0.395. The van der Waals surface area contributed by atoms with Crippen molar-refractivity contribution in [3.63, 3.8) is 0 Å². The van der Waals surface area contributed by atoms with Gasteiger partial charge in [-0.3, -0.25) is 10.2 Å². The highest BCUT2D eigenvalue weighted by molar-refractivity contribution is 7.82. The average molecular weight is 272 g/mol. The highest BCUT2D eigenvalue weighted by Gasteiger charge is 2.21. The van der Waals surface area contributed by atoms with Crippen LogP contribution in [0.1, 0.15) is 31.0 Å². The molecule has 0 fully saturated rings. The van der Waals surface area contributed by atoms with E-state index in [1.807, 2.05) is 13.8 Å². The number of amides is 1. The Balaban J connectivity index is 0. The van der Waals surface area contributed by atoms with Crippen molar-refractivity contribution in [3.05, 3.63) is 0 Å². The molecule has 0 aliphatic heterocycles. The minimum atomic E-state index is -1.20. The number of carbonyl (C=O) groups excluding carboxylic acids is 1. The highest BCUT2D eigenvalue weighted by Crippen LogP contribution is 2.04. The molecule has 0 aromatic rings. The molecule has 0 aromatic heterocycles. The third-order valence-corrected chi connectivity index (χ3v) is 3.01. The second kappa shape index (κ2) is 9.52. The molecule has 0 aromatic carbocycles. The summed E-state index contributed by atoms with van der Waals surface area (Å²) in [6, 6.07) is -0.294. The lowest BCUT2D eigenvalue weighted by Crippen LogP contribution is -2.50. The lowest BCUT2D eigenvalue weighted by Gasteiger charge is -2.27. The van der Waals surface area contributed by atoms with E-state index in [9.17, 15) is 14.1 Å². The number of likely N-dealkylation sites (N-methyl/N-ethyl adjacent to an activating group) is 1. The standard InChI is InChI=1S/C10H23N3O3S.H2/c1-4-6-9(12-17(3)16)10(15)7-13(5-2)11-8-14;/h8-10,12,15H,4-7H2,1-3H3,(H,11,14);1H/i8T;1+2D. The molecule has 104 valence electrons. The van der Waals surface area contributed by atoms with Gasteiger partial charge in [0.15, 0.2) is 0 Å². The van der Waals surface area contributed by atoms with Crippen LogP contribution < -0.4 is 10.1 Å². The zero-order valence-electron chi connectivity index (χ0n) is 13.6. The normalized spacial score (nSPS) is 17.8. The molecular formula is C10H25N3O3S. The topological polar surface area (TPSA) is 81.7 Å². The zero-order valence-corrected chi connectivity index (χ0v) is 11.4. The highest BCUT2D eigenvalue weighted by atomic mass is 32.2. The van der Waals surface area contributed by atoms with Crippen LogP contribution in [0.3, 0.4) is 0 Å². The van der Waals surface area contributed by atoms with Gasteiger partial charge in [-0.05, 0) is 6.42 Å². The van der Waals surface area contributed by atoms with Crippen LogP contribution in [0, 0.1) is 0 Å². The summed E-state index contributed by atoms with van der Waals surface area (Å²) in [7, 11) is -1.20. The van der Waals surface area contributed by atoms with Gasteiger partial charge >= 0.3 is 0 Å². The molecule has 7 heteroatoms. The third-order valence-electron chi connectivity index (χ3n) is 2.37. The van der Waals surface area contributed by atoms with E-state index < -0.39 is 23.5 Å². The van der Waals surface area contributed by atoms with Gasteiger partial charge in [0.25, 0.3) is 0 Å². The van der Waals surface area contributed by atoms with Gasteiger partial charge in [0.05, 0.1) is 17.1 Å². The monoisotopic (exact) mass is 272 g/mol. The van der Waals surface area contributed by atoms with Crippen LogP contribution in [0.15, 0.2) is 0 Å². The van der Waals surface area contributed by atoms with E-state index >= 15 is 0 Å². The lowest BCUT2D eigenvalue weighted by molar-refractivity contribution is -0.114. The second-order valence-corrected chi connectivity index (χ2v) is 4.93. The van der Waals surface area contributed by atoms with Crippen molar-refractivity contribution in [3.8, 4) is 0 Å². The van der Waals surface area contributed by atoms with Crippen LogP contribution in [0.25, 0.3) is 0 Å². The lowest BCUT2D eigenvalue weighted by atomic mass is 10.1. The first kappa shape index (κ1) is 12.9. The Kier molecular flexibility index (Phi) is 7.25. The SMILES string of the molecule is [2H][3H].[3H]C(=O)NN(CC)CC(O)C(CCC)NS(C)=O. The number of hydrazine groups is 1. The van der Waals surface area contributed by atoms with Gasteiger partial charge in [-0.1, -0.05) is 20.3 Å². The predicted octanol–water partition coefficient (Wildman–Crippen LogP) is -0.372. The van der Waals surface area contributed by atoms with Crippen molar-refractivity contribution in [2.24, 2.45) is 0 Å². The fraction of sp³-hybridized carbons (Fsp3) is 0.900. The molecule has 0 bridgehead atoms. The summed E-state index contributed by atoms with van der Waals surface area (Å²) in [4.78, 5) is 10.6. The predicted molar refractivity (Wildman–Crippen MR) is 70.5 cm³/mol. The molecule has 6 nitrogen and oxygen atoms in total. The van der Waals surface area contributed by atoms with Crippen molar-refractivity contribution in [2.45, 2.75) is 38.8 Å². The first-order valence-corrected chi connectivity index (χ1v) is 7.26. The van der Waals surface area contributed by atoms with E-state index in [2.05, 4.69) is 10.1 Å². The summed E-state index contributed by atoms with van der Waals surface area (Å²) < 4.78 is 30.8. The van der Waals surface area contributed by atoms with Crippen LogP contribution in [-0.4, -0.2) is 52.2 Å². The fourth-order valence-electron chi connectivity index (χ4n) is 1.53. The number of nitrogens with one attached hydrogen (secondary N) is 2. The van der Waals surface area contributed by atoms with Crippen molar-refractivity contribution >= 4 is 17.4 Å². The summed E-state index contributed by atoms with van der Waals surface area (Å²) in [6.07, 6.45) is 1.37. The Hall–Kier alpha value is -0.500. The van der Waals surface area contributed by atoms with Crippen LogP contribution in [0.5, 0.6) is 0 Å². The summed E-state index contributed by atoms with van der Waals surface area (Å²) in [5.74, 6) is 0. The van der Waals surface area contributed by atoms with Gasteiger partial charge < -0.3 is 5.11 Å². The maximum absolute atomic E-state index is 11.1. The Morgan fingerprint density at radius 1 is 1.76 bits per heavy atom. The molecule has 0 rings (SSSR count). The molecule has 0 saturated carbocycles. The molecule has 3 atom stereocenters. The number of aliphatic hydroxyl groups excluding tert-OH is 1. The summed E-state index contributed by atoms with van der Waals surface area (Å²) in [6.45, 7) is 4.46. The Morgan fingerprint density at radius 3 is 2.82 bits per heavy atom. The Labute approximate surface area is 110 Å². The van der Waals surface area contributed by atoms with E-state index in [0.717, 1.165) is 6.42 Å². The number of rotatable bonds is 9. The second-order valence-electron chi connectivity index (χ2n) is 3.79. The summed E-state index contributed by atoms with van der Waals surface area (Å²) in [5, 5.41) is 11.5. The van der Waals surface area contributed by atoms with Crippen LogP contribution in [0.4, 0.5) is 0 Å². The third kappa shape index (κ3) is 7.43. The van der Waals surface area contributed by atoms with Gasteiger partial charge in [-0.25, -0.2) is 13.9 Å². The molecular weight excluding hydrogens is 242 g/mol. The molecule has 0 radical (unpaired) electrons. The number of carbonyl (C=O) groups is 1. The van der Waals surface area contributed by atoms with Gasteiger partial charge in [0.2, 0.25) is 6.39 Å².